The van der Waals surface area contributed by atoms with Crippen molar-refractivity contribution in [3.05, 3.63) is 0 Å². The van der Waals surface area contributed by atoms with Gasteiger partial charge in [-0.15, -0.1) is 0 Å². The zero-order valence-electron chi connectivity index (χ0n) is 14.0. The molecule has 3 N–H and O–H groups in total. The number of aliphatic hydroxyl groups excluding tert-OH is 1. The largest absolute Gasteiger partial charge is 0.480 e. The Bertz CT molecular complexity index is 582. The van der Waals surface area contributed by atoms with Crippen molar-refractivity contribution in [3.8, 4) is 0 Å². The molecule has 142 valence electrons. The molecule has 2 rings (SSSR count). The first-order valence-corrected chi connectivity index (χ1v) is 10.6. The van der Waals surface area contributed by atoms with Gasteiger partial charge in [0.05, 0.1) is 0 Å². The van der Waals surface area contributed by atoms with Crippen molar-refractivity contribution in [2.24, 2.45) is 5.92 Å². The van der Waals surface area contributed by atoms with Crippen LogP contribution < -0.4 is 0 Å². The van der Waals surface area contributed by atoms with Crippen LogP contribution in [0, 0.1) is 5.92 Å². The number of rotatable bonds is 7. The molecule has 0 saturated carbocycles. The fourth-order valence-electron chi connectivity index (χ4n) is 3.39. The Labute approximate surface area is 146 Å². The van der Waals surface area contributed by atoms with E-state index in [1.165, 1.54) is 5.01 Å². The van der Waals surface area contributed by atoms with E-state index in [2.05, 4.69) is 0 Å². The normalized spacial score (nSPS) is 26.8. The van der Waals surface area contributed by atoms with Gasteiger partial charge >= 0.3 is 5.97 Å². The summed E-state index contributed by atoms with van der Waals surface area (Å²) in [4.78, 5) is 46.7. The highest BCUT2D eigenvalue weighted by atomic mass is 31.2. The number of hydrazine groups is 1. The molecule has 25 heavy (non-hydrogen) atoms. The number of fused-ring (bicyclic) bond motifs is 1. The molecule has 2 heterocycles. The Morgan fingerprint density at radius 3 is 2.60 bits per heavy atom. The average Bonchev–Trinajstić information content (AvgIpc) is 2.67. The molecule has 2 aliphatic rings. The third-order valence-corrected chi connectivity index (χ3v) is 6.71. The lowest BCUT2D eigenvalue weighted by Gasteiger charge is -2.42. The third-order valence-electron chi connectivity index (χ3n) is 4.68. The van der Waals surface area contributed by atoms with E-state index in [0.29, 0.717) is 19.3 Å². The Kier molecular flexibility index (Phi) is 6.59. The number of hydrogen-bond acceptors (Lipinski definition) is 5. The van der Waals surface area contributed by atoms with Crippen LogP contribution >= 0.6 is 7.37 Å². The molecule has 0 radical (unpaired) electrons. The SMILES string of the molecule is O=C(O)[C@@H]1CCCN2C(=O)CC[C@H](CP(=O)(O)CCCCO)C(=O)N12. The van der Waals surface area contributed by atoms with E-state index in [-0.39, 0.29) is 50.6 Å². The van der Waals surface area contributed by atoms with Gasteiger partial charge in [-0.2, -0.15) is 0 Å². The summed E-state index contributed by atoms with van der Waals surface area (Å²) >= 11 is 0. The minimum Gasteiger partial charge on any atom is -0.480 e. The maximum Gasteiger partial charge on any atom is 0.328 e. The minimum absolute atomic E-state index is 0.00262. The Balaban J connectivity index is 2.17. The van der Waals surface area contributed by atoms with Gasteiger partial charge < -0.3 is 15.1 Å². The summed E-state index contributed by atoms with van der Waals surface area (Å²) in [5.74, 6) is -2.91. The third kappa shape index (κ3) is 4.80. The first kappa shape index (κ1) is 19.9. The molecule has 2 aliphatic heterocycles. The van der Waals surface area contributed by atoms with E-state index in [4.69, 9.17) is 5.11 Å². The average molecular weight is 376 g/mol. The van der Waals surface area contributed by atoms with Gasteiger partial charge in [0.25, 0.3) is 0 Å². The number of amides is 2. The van der Waals surface area contributed by atoms with Gasteiger partial charge in [-0.25, -0.2) is 9.80 Å². The zero-order valence-corrected chi connectivity index (χ0v) is 14.9. The van der Waals surface area contributed by atoms with Gasteiger partial charge in [0.2, 0.25) is 19.2 Å². The molecule has 0 aliphatic carbocycles. The lowest BCUT2D eigenvalue weighted by molar-refractivity contribution is -0.181. The highest BCUT2D eigenvalue weighted by Crippen LogP contribution is 2.45. The second kappa shape index (κ2) is 8.29. The van der Waals surface area contributed by atoms with Crippen LogP contribution in [-0.2, 0) is 18.9 Å². The molecule has 2 amide bonds. The van der Waals surface area contributed by atoms with Gasteiger partial charge in [0.1, 0.15) is 0 Å². The first-order valence-electron chi connectivity index (χ1n) is 8.54. The van der Waals surface area contributed by atoms with Crippen LogP contribution in [0.15, 0.2) is 0 Å². The van der Waals surface area contributed by atoms with Crippen LogP contribution in [0.2, 0.25) is 0 Å². The summed E-state index contributed by atoms with van der Waals surface area (Å²) in [7, 11) is -3.59. The van der Waals surface area contributed by atoms with Gasteiger partial charge in [-0.05, 0) is 32.1 Å². The van der Waals surface area contributed by atoms with Crippen LogP contribution in [0.25, 0.3) is 0 Å². The molecule has 0 aromatic heterocycles. The number of carboxylic acids is 1. The molecule has 2 saturated heterocycles. The summed E-state index contributed by atoms with van der Waals surface area (Å²) in [6.07, 6.45) is 1.46. The number of carboxylic acid groups (broad SMARTS) is 1. The maximum atomic E-state index is 12.8. The van der Waals surface area contributed by atoms with Crippen LogP contribution in [0.1, 0.15) is 38.5 Å². The number of nitrogens with zero attached hydrogens (tertiary/aromatic N) is 2. The quantitative estimate of drug-likeness (QED) is 0.428. The van der Waals surface area contributed by atoms with Gasteiger partial charge in [-0.3, -0.25) is 19.2 Å². The summed E-state index contributed by atoms with van der Waals surface area (Å²) in [6.45, 7) is 0.217. The summed E-state index contributed by atoms with van der Waals surface area (Å²) in [6, 6.07) is -1.11. The topological polar surface area (TPSA) is 135 Å². The fraction of sp³-hybridized carbons (Fsp3) is 0.800. The molecule has 0 aromatic rings. The zero-order chi connectivity index (χ0) is 18.6. The van der Waals surface area contributed by atoms with Crippen LogP contribution in [0.5, 0.6) is 0 Å². The Morgan fingerprint density at radius 2 is 1.96 bits per heavy atom. The van der Waals surface area contributed by atoms with Gasteiger partial charge in [0, 0.05) is 37.8 Å². The molecule has 3 atom stereocenters. The first-order chi connectivity index (χ1) is 11.8. The number of hydrogen-bond donors (Lipinski definition) is 3. The number of carbonyl (C=O) groups is 3. The number of carbonyl (C=O) groups excluding carboxylic acids is 2. The number of aliphatic carboxylic acids is 1. The number of aliphatic hydroxyl groups is 1. The molecular weight excluding hydrogens is 351 g/mol. The van der Waals surface area contributed by atoms with E-state index < -0.39 is 31.2 Å². The molecular formula is C15H25N2O7P. The molecule has 1 unspecified atom stereocenters. The van der Waals surface area contributed by atoms with Crippen molar-refractivity contribution in [2.45, 2.75) is 44.6 Å². The van der Waals surface area contributed by atoms with E-state index in [1.807, 2.05) is 0 Å². The van der Waals surface area contributed by atoms with Crippen LogP contribution in [0.4, 0.5) is 0 Å². The van der Waals surface area contributed by atoms with Crippen molar-refractivity contribution >= 4 is 25.2 Å². The minimum atomic E-state index is -3.59. The highest BCUT2D eigenvalue weighted by Gasteiger charge is 2.45. The Hall–Kier alpha value is -1.44. The molecule has 2 fully saturated rings. The second-order valence-electron chi connectivity index (χ2n) is 6.61. The van der Waals surface area contributed by atoms with E-state index in [1.54, 1.807) is 0 Å². The fourth-order valence-corrected chi connectivity index (χ4v) is 5.32. The van der Waals surface area contributed by atoms with Gasteiger partial charge in [-0.1, -0.05) is 0 Å². The summed E-state index contributed by atoms with van der Waals surface area (Å²) in [5.41, 5.74) is 0. The second-order valence-corrected chi connectivity index (χ2v) is 9.12. The predicted octanol–water partition coefficient (Wildman–Crippen LogP) is 0.258. The lowest BCUT2D eigenvalue weighted by atomic mass is 10.0. The summed E-state index contributed by atoms with van der Waals surface area (Å²) in [5, 5.41) is 20.3. The standard InChI is InChI=1S/C15H25N2O7P/c18-8-1-2-9-25(23,24)10-11-5-6-13(19)16-7-3-4-12(15(21)22)17(16)14(11)20/h11-12,18H,1-10H2,(H,21,22)(H,23,24)/t11-,12+/m1/s1. The van der Waals surface area contributed by atoms with Crippen LogP contribution in [0.3, 0.4) is 0 Å². The van der Waals surface area contributed by atoms with Crippen LogP contribution in [-0.4, -0.2) is 74.4 Å². The van der Waals surface area contributed by atoms with Crippen molar-refractivity contribution < 1.29 is 34.1 Å². The van der Waals surface area contributed by atoms with Gasteiger partial charge in [0.15, 0.2) is 6.04 Å². The highest BCUT2D eigenvalue weighted by molar-refractivity contribution is 7.58. The maximum absolute atomic E-state index is 12.8. The Morgan fingerprint density at radius 1 is 1.24 bits per heavy atom. The molecule has 0 spiro atoms. The van der Waals surface area contributed by atoms with Crippen molar-refractivity contribution in [3.63, 3.8) is 0 Å². The van der Waals surface area contributed by atoms with E-state index in [9.17, 15) is 28.9 Å². The predicted molar refractivity (Wildman–Crippen MR) is 87.8 cm³/mol. The molecule has 0 bridgehead atoms. The molecule has 10 heteroatoms. The summed E-state index contributed by atoms with van der Waals surface area (Å²) < 4.78 is 12.4. The molecule has 9 nitrogen and oxygen atoms in total. The molecule has 0 aromatic carbocycles. The monoisotopic (exact) mass is 376 g/mol. The van der Waals surface area contributed by atoms with E-state index >= 15 is 0 Å². The van der Waals surface area contributed by atoms with Crippen molar-refractivity contribution in [1.82, 2.24) is 10.0 Å². The number of unbranched alkanes of at least 4 members (excludes halogenated alkanes) is 1. The van der Waals surface area contributed by atoms with Crippen molar-refractivity contribution in [1.29, 1.82) is 0 Å². The lowest BCUT2D eigenvalue weighted by Crippen LogP contribution is -2.60. The van der Waals surface area contributed by atoms with E-state index in [0.717, 1.165) is 5.01 Å². The van der Waals surface area contributed by atoms with Crippen molar-refractivity contribution in [2.75, 3.05) is 25.5 Å². The smallest absolute Gasteiger partial charge is 0.328 e.